The van der Waals surface area contributed by atoms with Crippen LogP contribution in [-0.4, -0.2) is 17.4 Å². The molecule has 0 fully saturated rings. The highest BCUT2D eigenvalue weighted by Gasteiger charge is 2.12. The van der Waals surface area contributed by atoms with Crippen molar-refractivity contribution in [3.05, 3.63) is 22.5 Å². The second-order valence-corrected chi connectivity index (χ2v) is 2.64. The van der Waals surface area contributed by atoms with E-state index in [1.54, 1.807) is 0 Å². The number of nitrogens with two attached hydrogens (primary N) is 1. The lowest BCUT2D eigenvalue weighted by Gasteiger charge is -1.96. The van der Waals surface area contributed by atoms with Crippen molar-refractivity contribution in [1.29, 1.82) is 0 Å². The molecule has 13 heavy (non-hydrogen) atoms. The first kappa shape index (κ1) is 9.60. The van der Waals surface area contributed by atoms with Gasteiger partial charge in [-0.15, -0.1) is 0 Å². The van der Waals surface area contributed by atoms with E-state index in [0.717, 1.165) is 0 Å². The summed E-state index contributed by atoms with van der Waals surface area (Å²) in [5, 5.41) is 0.189. The summed E-state index contributed by atoms with van der Waals surface area (Å²) >= 11 is 5.73. The Bertz CT molecular complexity index is 334. The lowest BCUT2D eigenvalue weighted by atomic mass is 10.3. The first-order chi connectivity index (χ1) is 6.16. The summed E-state index contributed by atoms with van der Waals surface area (Å²) < 4.78 is 4.45. The molecule has 0 bridgehead atoms. The number of hydrogen-bond donors (Lipinski definition) is 2. The molecule has 0 spiro atoms. The number of primary amides is 1. The lowest BCUT2D eigenvalue weighted by Crippen LogP contribution is -2.10. The fourth-order valence-corrected chi connectivity index (χ4v) is 1.11. The predicted octanol–water partition coefficient (Wildman–Crippen LogP) is 0.440. The number of rotatable bonds is 4. The Kier molecular flexibility index (Phi) is 2.92. The summed E-state index contributed by atoms with van der Waals surface area (Å²) in [6.07, 6.45) is 1.37. The Morgan fingerprint density at radius 1 is 1.77 bits per heavy atom. The Balaban J connectivity index is 2.86. The van der Waals surface area contributed by atoms with Gasteiger partial charge < -0.3 is 15.5 Å². The zero-order valence-corrected chi connectivity index (χ0v) is 7.30. The van der Waals surface area contributed by atoms with Crippen molar-refractivity contribution in [2.24, 2.45) is 5.73 Å². The largest absolute Gasteiger partial charge is 0.461 e. The Morgan fingerprint density at radius 3 is 2.92 bits per heavy atom. The van der Waals surface area contributed by atoms with Crippen molar-refractivity contribution in [3.63, 3.8) is 0 Å². The first-order valence-electron chi connectivity index (χ1n) is 3.37. The normalized spacial score (nSPS) is 9.62. The highest BCUT2D eigenvalue weighted by atomic mass is 35.5. The van der Waals surface area contributed by atoms with Gasteiger partial charge in [-0.05, 0) is 0 Å². The van der Waals surface area contributed by atoms with Crippen molar-refractivity contribution in [2.45, 2.75) is 6.61 Å². The van der Waals surface area contributed by atoms with Gasteiger partial charge in [0.05, 0.1) is 16.3 Å². The summed E-state index contributed by atoms with van der Waals surface area (Å²) in [6, 6.07) is 0. The number of aromatic amines is 1. The molecule has 0 saturated heterocycles. The second-order valence-electron chi connectivity index (χ2n) is 2.27. The maximum Gasteiger partial charge on any atom is 0.293 e. The van der Waals surface area contributed by atoms with Crippen molar-refractivity contribution in [2.75, 3.05) is 0 Å². The Labute approximate surface area is 78.8 Å². The molecule has 5 nitrogen and oxygen atoms in total. The number of carbonyl (C=O) groups is 2. The topological polar surface area (TPSA) is 85.2 Å². The van der Waals surface area contributed by atoms with Crippen LogP contribution < -0.4 is 5.73 Å². The molecule has 0 aliphatic carbocycles. The fourth-order valence-electron chi connectivity index (χ4n) is 0.850. The minimum absolute atomic E-state index is 0.00435. The predicted molar refractivity (Wildman–Crippen MR) is 45.2 cm³/mol. The van der Waals surface area contributed by atoms with Crippen molar-refractivity contribution in [1.82, 2.24) is 4.98 Å². The summed E-state index contributed by atoms with van der Waals surface area (Å²) in [7, 11) is 0. The molecule has 6 heteroatoms. The number of nitrogens with one attached hydrogen (secondary N) is 1. The van der Waals surface area contributed by atoms with Crippen LogP contribution >= 0.6 is 11.6 Å². The van der Waals surface area contributed by atoms with E-state index in [2.05, 4.69) is 9.72 Å². The van der Waals surface area contributed by atoms with Crippen LogP contribution in [0.5, 0.6) is 0 Å². The second kappa shape index (κ2) is 3.95. The molecule has 0 aromatic carbocycles. The van der Waals surface area contributed by atoms with Crippen LogP contribution in [0.15, 0.2) is 6.20 Å². The van der Waals surface area contributed by atoms with Crippen LogP contribution in [0.4, 0.5) is 0 Å². The third-order valence-electron chi connectivity index (χ3n) is 1.45. The zero-order valence-electron chi connectivity index (χ0n) is 6.54. The molecule has 0 unspecified atom stereocenters. The maximum atomic E-state index is 10.7. The van der Waals surface area contributed by atoms with E-state index in [0.29, 0.717) is 12.2 Å². The van der Waals surface area contributed by atoms with Crippen LogP contribution in [0.1, 0.15) is 16.1 Å². The molecule has 1 heterocycles. The molecular weight excluding hydrogens is 196 g/mol. The molecule has 1 rings (SSSR count). The van der Waals surface area contributed by atoms with Gasteiger partial charge in [0.1, 0.15) is 6.61 Å². The van der Waals surface area contributed by atoms with Gasteiger partial charge in [0, 0.05) is 6.20 Å². The van der Waals surface area contributed by atoms with E-state index in [4.69, 9.17) is 17.3 Å². The number of H-pyrrole nitrogens is 1. The highest BCUT2D eigenvalue weighted by molar-refractivity contribution is 6.34. The van der Waals surface area contributed by atoms with Crippen LogP contribution in [0.3, 0.4) is 0 Å². The van der Waals surface area contributed by atoms with E-state index in [1.807, 2.05) is 0 Å². The molecule has 70 valence electrons. The van der Waals surface area contributed by atoms with Gasteiger partial charge in [-0.2, -0.15) is 0 Å². The lowest BCUT2D eigenvalue weighted by molar-refractivity contribution is -0.129. The fraction of sp³-hybridized carbons (Fsp3) is 0.143. The average Bonchev–Trinajstić information content (AvgIpc) is 2.43. The van der Waals surface area contributed by atoms with E-state index < -0.39 is 5.91 Å². The molecule has 0 radical (unpaired) electrons. The number of ether oxygens (including phenoxy) is 1. The minimum atomic E-state index is -0.626. The maximum absolute atomic E-state index is 10.7. The Hall–Kier alpha value is -1.49. The van der Waals surface area contributed by atoms with E-state index in [1.165, 1.54) is 6.20 Å². The number of amides is 1. The molecule has 0 atom stereocenters. The molecule has 0 saturated carbocycles. The molecule has 1 amide bonds. The van der Waals surface area contributed by atoms with E-state index >= 15 is 0 Å². The molecule has 1 aromatic heterocycles. The number of carbonyl (C=O) groups excluding carboxylic acids is 2. The highest BCUT2D eigenvalue weighted by Crippen LogP contribution is 2.20. The van der Waals surface area contributed by atoms with Crippen molar-refractivity contribution >= 4 is 24.0 Å². The minimum Gasteiger partial charge on any atom is -0.461 e. The number of aromatic nitrogens is 1. The van der Waals surface area contributed by atoms with Crippen LogP contribution in [0, 0.1) is 0 Å². The van der Waals surface area contributed by atoms with Crippen LogP contribution in [0.2, 0.25) is 5.02 Å². The van der Waals surface area contributed by atoms with Crippen LogP contribution in [0.25, 0.3) is 0 Å². The van der Waals surface area contributed by atoms with Gasteiger partial charge in [-0.3, -0.25) is 9.59 Å². The number of halogens is 1. The van der Waals surface area contributed by atoms with Crippen molar-refractivity contribution < 1.29 is 14.3 Å². The number of hydrogen-bond acceptors (Lipinski definition) is 3. The smallest absolute Gasteiger partial charge is 0.293 e. The summed E-state index contributed by atoms with van der Waals surface area (Å²) in [4.78, 5) is 23.2. The molecule has 0 aliphatic heterocycles. The van der Waals surface area contributed by atoms with Gasteiger partial charge in [-0.25, -0.2) is 0 Å². The SMILES string of the molecule is NC(=O)c1c[nH]c(COC=O)c1Cl. The molecule has 1 aromatic rings. The summed E-state index contributed by atoms with van der Waals surface area (Å²) in [5.74, 6) is -0.626. The molecule has 3 N–H and O–H groups in total. The average molecular weight is 203 g/mol. The third kappa shape index (κ3) is 2.00. The Morgan fingerprint density at radius 2 is 2.46 bits per heavy atom. The third-order valence-corrected chi connectivity index (χ3v) is 1.89. The zero-order chi connectivity index (χ0) is 9.84. The van der Waals surface area contributed by atoms with Gasteiger partial charge in [-0.1, -0.05) is 11.6 Å². The standard InChI is InChI=1S/C7H7ClN2O3/c8-6-4(7(9)12)1-10-5(6)2-13-3-11/h1,3,10H,2H2,(H2,9,12). The first-order valence-corrected chi connectivity index (χ1v) is 3.75. The van der Waals surface area contributed by atoms with E-state index in [9.17, 15) is 9.59 Å². The van der Waals surface area contributed by atoms with Crippen molar-refractivity contribution in [3.8, 4) is 0 Å². The monoisotopic (exact) mass is 202 g/mol. The van der Waals surface area contributed by atoms with Gasteiger partial charge >= 0.3 is 0 Å². The van der Waals surface area contributed by atoms with Gasteiger partial charge in [0.2, 0.25) is 0 Å². The summed E-state index contributed by atoms with van der Waals surface area (Å²) in [6.45, 7) is 0.288. The molecular formula is C7H7ClN2O3. The van der Waals surface area contributed by atoms with Gasteiger partial charge in [0.25, 0.3) is 12.4 Å². The van der Waals surface area contributed by atoms with Gasteiger partial charge in [0.15, 0.2) is 0 Å². The summed E-state index contributed by atoms with van der Waals surface area (Å²) in [5.41, 5.74) is 5.64. The van der Waals surface area contributed by atoms with E-state index in [-0.39, 0.29) is 17.2 Å². The van der Waals surface area contributed by atoms with Crippen LogP contribution in [-0.2, 0) is 16.1 Å². The quantitative estimate of drug-likeness (QED) is 0.695. The molecule has 0 aliphatic rings.